The number of esters is 2. The molecule has 0 aromatic carbocycles. The average Bonchev–Trinajstić information content (AvgIpc) is 3.19. The standard InChI is InChI=1S/C17H18N2O5S/c1-9-14(17(22)23-4)10(2)19-15(9)16(21)11(3)24-13(20)6-5-12-18-7-8-25-12/h5-8,11,19H,1-4H3. The maximum atomic E-state index is 12.5. The molecule has 2 aromatic heterocycles. The van der Waals surface area contributed by atoms with Crippen molar-refractivity contribution < 1.29 is 23.9 Å². The number of thiazole rings is 1. The summed E-state index contributed by atoms with van der Waals surface area (Å²) in [7, 11) is 1.27. The molecule has 0 fully saturated rings. The highest BCUT2D eigenvalue weighted by molar-refractivity contribution is 7.10. The fourth-order valence-electron chi connectivity index (χ4n) is 2.33. The Balaban J connectivity index is 2.10. The zero-order chi connectivity index (χ0) is 18.6. The number of Topliss-reactive ketones (excluding diaryl/α,β-unsaturated/α-hetero) is 1. The lowest BCUT2D eigenvalue weighted by Crippen LogP contribution is -2.24. The zero-order valence-electron chi connectivity index (χ0n) is 14.3. The van der Waals surface area contributed by atoms with Crippen molar-refractivity contribution in [3.8, 4) is 0 Å². The van der Waals surface area contributed by atoms with Gasteiger partial charge in [-0.2, -0.15) is 0 Å². The molecular weight excluding hydrogens is 344 g/mol. The Morgan fingerprint density at radius 2 is 2.04 bits per heavy atom. The summed E-state index contributed by atoms with van der Waals surface area (Å²) in [5, 5.41) is 2.45. The van der Waals surface area contributed by atoms with Gasteiger partial charge in [0.05, 0.1) is 18.4 Å². The van der Waals surface area contributed by atoms with E-state index in [0.717, 1.165) is 0 Å². The molecule has 1 atom stereocenters. The van der Waals surface area contributed by atoms with E-state index in [1.807, 2.05) is 0 Å². The molecule has 0 aliphatic rings. The predicted octanol–water partition coefficient (Wildman–Crippen LogP) is 2.70. The number of aromatic amines is 1. The number of carbonyl (C=O) groups excluding carboxylic acids is 3. The van der Waals surface area contributed by atoms with Crippen molar-refractivity contribution in [2.24, 2.45) is 0 Å². The Bertz CT molecular complexity index is 820. The number of hydrogen-bond donors (Lipinski definition) is 1. The van der Waals surface area contributed by atoms with Gasteiger partial charge in [-0.1, -0.05) is 0 Å². The van der Waals surface area contributed by atoms with Gasteiger partial charge in [-0.3, -0.25) is 4.79 Å². The maximum absolute atomic E-state index is 12.5. The number of methoxy groups -OCH3 is 1. The lowest BCUT2D eigenvalue weighted by atomic mass is 10.1. The summed E-state index contributed by atoms with van der Waals surface area (Å²) in [6.45, 7) is 4.79. The first-order valence-corrected chi connectivity index (χ1v) is 8.33. The summed E-state index contributed by atoms with van der Waals surface area (Å²) in [6.07, 6.45) is 3.35. The summed E-state index contributed by atoms with van der Waals surface area (Å²) in [6, 6.07) is 0. The van der Waals surface area contributed by atoms with Crippen molar-refractivity contribution >= 4 is 35.1 Å². The van der Waals surface area contributed by atoms with Crippen LogP contribution in [-0.2, 0) is 14.3 Å². The third kappa shape index (κ3) is 4.21. The molecule has 0 saturated carbocycles. The normalized spacial score (nSPS) is 12.2. The lowest BCUT2D eigenvalue weighted by Gasteiger charge is -2.10. The van der Waals surface area contributed by atoms with Crippen LogP contribution in [0.1, 0.15) is 44.0 Å². The Hall–Kier alpha value is -2.74. The molecule has 2 heterocycles. The van der Waals surface area contributed by atoms with Crippen LogP contribution in [0.4, 0.5) is 0 Å². The van der Waals surface area contributed by atoms with Gasteiger partial charge in [0.1, 0.15) is 5.01 Å². The molecule has 0 spiro atoms. The highest BCUT2D eigenvalue weighted by atomic mass is 32.1. The van der Waals surface area contributed by atoms with Gasteiger partial charge in [-0.15, -0.1) is 11.3 Å². The van der Waals surface area contributed by atoms with E-state index in [4.69, 9.17) is 9.47 Å². The Kier molecular flexibility index (Phi) is 5.87. The Morgan fingerprint density at radius 1 is 1.32 bits per heavy atom. The van der Waals surface area contributed by atoms with Gasteiger partial charge in [0, 0.05) is 23.3 Å². The number of hydrogen-bond acceptors (Lipinski definition) is 7. The van der Waals surface area contributed by atoms with Crippen molar-refractivity contribution in [1.82, 2.24) is 9.97 Å². The molecule has 2 aromatic rings. The molecule has 0 aliphatic heterocycles. The molecule has 0 radical (unpaired) electrons. The van der Waals surface area contributed by atoms with Crippen LogP contribution in [0.25, 0.3) is 6.08 Å². The molecular formula is C17H18N2O5S. The molecule has 1 unspecified atom stereocenters. The number of ether oxygens (including phenoxy) is 2. The van der Waals surface area contributed by atoms with Gasteiger partial charge in [0.15, 0.2) is 6.10 Å². The zero-order valence-corrected chi connectivity index (χ0v) is 15.1. The van der Waals surface area contributed by atoms with Crippen molar-refractivity contribution in [1.29, 1.82) is 0 Å². The Morgan fingerprint density at radius 3 is 2.64 bits per heavy atom. The van der Waals surface area contributed by atoms with Gasteiger partial charge >= 0.3 is 11.9 Å². The molecule has 0 aliphatic carbocycles. The second-order valence-corrected chi connectivity index (χ2v) is 6.19. The Labute approximate surface area is 148 Å². The smallest absolute Gasteiger partial charge is 0.339 e. The van der Waals surface area contributed by atoms with Crippen molar-refractivity contribution in [3.63, 3.8) is 0 Å². The van der Waals surface area contributed by atoms with Crippen molar-refractivity contribution in [2.45, 2.75) is 26.9 Å². The second kappa shape index (κ2) is 7.89. The minimum absolute atomic E-state index is 0.224. The van der Waals surface area contributed by atoms with E-state index < -0.39 is 23.8 Å². The quantitative estimate of drug-likeness (QED) is 0.482. The fraction of sp³-hybridized carbons (Fsp3) is 0.294. The van der Waals surface area contributed by atoms with Crippen LogP contribution < -0.4 is 0 Å². The molecule has 132 valence electrons. The fourth-order valence-corrected chi connectivity index (χ4v) is 2.86. The maximum Gasteiger partial charge on any atom is 0.339 e. The predicted molar refractivity (Wildman–Crippen MR) is 92.6 cm³/mol. The average molecular weight is 362 g/mol. The van der Waals surface area contributed by atoms with Crippen molar-refractivity contribution in [3.05, 3.63) is 45.2 Å². The van der Waals surface area contributed by atoms with Gasteiger partial charge in [-0.25, -0.2) is 14.6 Å². The van der Waals surface area contributed by atoms with E-state index in [0.29, 0.717) is 21.8 Å². The van der Waals surface area contributed by atoms with Crippen LogP contribution in [0.15, 0.2) is 17.7 Å². The number of nitrogens with zero attached hydrogens (tertiary/aromatic N) is 1. The van der Waals surface area contributed by atoms with Gasteiger partial charge in [0.2, 0.25) is 5.78 Å². The van der Waals surface area contributed by atoms with Gasteiger partial charge in [-0.05, 0) is 32.4 Å². The van der Waals surface area contributed by atoms with Crippen LogP contribution in [-0.4, -0.2) is 40.9 Å². The van der Waals surface area contributed by atoms with E-state index in [-0.39, 0.29) is 5.69 Å². The number of aryl methyl sites for hydroxylation is 1. The summed E-state index contributed by atoms with van der Waals surface area (Å²) in [5.41, 5.74) is 1.53. The van der Waals surface area contributed by atoms with E-state index in [9.17, 15) is 14.4 Å². The number of aromatic nitrogens is 2. The van der Waals surface area contributed by atoms with Gasteiger partial charge in [0.25, 0.3) is 0 Å². The molecule has 25 heavy (non-hydrogen) atoms. The minimum Gasteiger partial charge on any atom is -0.465 e. The van der Waals surface area contributed by atoms with Gasteiger partial charge < -0.3 is 14.5 Å². The van der Waals surface area contributed by atoms with Crippen LogP contribution in [0, 0.1) is 13.8 Å². The lowest BCUT2D eigenvalue weighted by molar-refractivity contribution is -0.140. The minimum atomic E-state index is -1.00. The summed E-state index contributed by atoms with van der Waals surface area (Å²) < 4.78 is 9.83. The summed E-state index contributed by atoms with van der Waals surface area (Å²) in [5.74, 6) is -1.60. The van der Waals surface area contributed by atoms with E-state index in [2.05, 4.69) is 9.97 Å². The first kappa shape index (κ1) is 18.6. The van der Waals surface area contributed by atoms with Crippen LogP contribution in [0.5, 0.6) is 0 Å². The monoisotopic (exact) mass is 362 g/mol. The number of carbonyl (C=O) groups is 3. The molecule has 8 heteroatoms. The topological polar surface area (TPSA) is 98.4 Å². The van der Waals surface area contributed by atoms with E-state index >= 15 is 0 Å². The van der Waals surface area contributed by atoms with Crippen LogP contribution in [0.2, 0.25) is 0 Å². The summed E-state index contributed by atoms with van der Waals surface area (Å²) >= 11 is 1.38. The summed E-state index contributed by atoms with van der Waals surface area (Å²) in [4.78, 5) is 43.0. The van der Waals surface area contributed by atoms with Crippen LogP contribution in [0.3, 0.4) is 0 Å². The first-order chi connectivity index (χ1) is 11.8. The number of nitrogens with one attached hydrogen (secondary N) is 1. The highest BCUT2D eigenvalue weighted by Gasteiger charge is 2.26. The van der Waals surface area contributed by atoms with E-state index in [1.165, 1.54) is 37.5 Å². The first-order valence-electron chi connectivity index (χ1n) is 7.45. The molecule has 2 rings (SSSR count). The SMILES string of the molecule is COC(=O)c1c(C)[nH]c(C(=O)C(C)OC(=O)C=Cc2nccs2)c1C. The number of H-pyrrole nitrogens is 1. The molecule has 0 bridgehead atoms. The highest BCUT2D eigenvalue weighted by Crippen LogP contribution is 2.20. The number of ketones is 1. The molecule has 0 amide bonds. The second-order valence-electron chi connectivity index (χ2n) is 5.26. The largest absolute Gasteiger partial charge is 0.465 e. The third-order valence-corrected chi connectivity index (χ3v) is 4.29. The molecule has 0 saturated heterocycles. The molecule has 7 nitrogen and oxygen atoms in total. The van der Waals surface area contributed by atoms with E-state index in [1.54, 1.807) is 25.4 Å². The number of rotatable bonds is 6. The molecule has 1 N–H and O–H groups in total. The van der Waals surface area contributed by atoms with Crippen molar-refractivity contribution in [2.75, 3.05) is 7.11 Å². The van der Waals surface area contributed by atoms with Crippen LogP contribution >= 0.6 is 11.3 Å². The third-order valence-electron chi connectivity index (χ3n) is 3.55.